The zero-order valence-electron chi connectivity index (χ0n) is 10.3. The van der Waals surface area contributed by atoms with Gasteiger partial charge in [-0.3, -0.25) is 0 Å². The van der Waals surface area contributed by atoms with Gasteiger partial charge >= 0.3 is 0 Å². The van der Waals surface area contributed by atoms with E-state index in [1.165, 1.54) is 25.7 Å². The fourth-order valence-electron chi connectivity index (χ4n) is 2.51. The van der Waals surface area contributed by atoms with Crippen LogP contribution in [0.25, 0.3) is 0 Å². The first kappa shape index (κ1) is 12.1. The fourth-order valence-corrected chi connectivity index (χ4v) is 2.51. The van der Waals surface area contributed by atoms with E-state index in [0.717, 1.165) is 45.1 Å². The van der Waals surface area contributed by atoms with Gasteiger partial charge in [-0.25, -0.2) is 0 Å². The van der Waals surface area contributed by atoms with E-state index in [9.17, 15) is 4.79 Å². The maximum Gasteiger partial charge on any atom is 0.127 e. The summed E-state index contributed by atoms with van der Waals surface area (Å²) in [6.45, 7) is 6.88. The number of carbonyl (C=O) groups excluding carboxylic acids is 1. The van der Waals surface area contributed by atoms with Crippen LogP contribution < -0.4 is 0 Å². The second-order valence-corrected chi connectivity index (χ2v) is 5.36. The monoisotopic (exact) mass is 225 g/mol. The van der Waals surface area contributed by atoms with Crippen molar-refractivity contribution in [2.24, 2.45) is 11.3 Å². The van der Waals surface area contributed by atoms with E-state index in [4.69, 9.17) is 4.74 Å². The smallest absolute Gasteiger partial charge is 0.127 e. The zero-order valence-corrected chi connectivity index (χ0v) is 10.3. The molecule has 1 saturated heterocycles. The van der Waals surface area contributed by atoms with E-state index in [0.29, 0.717) is 0 Å². The van der Waals surface area contributed by atoms with Crippen LogP contribution in [-0.4, -0.2) is 44.0 Å². The first-order valence-corrected chi connectivity index (χ1v) is 6.54. The third kappa shape index (κ3) is 3.05. The molecule has 1 heterocycles. The Morgan fingerprint density at radius 1 is 1.38 bits per heavy atom. The summed E-state index contributed by atoms with van der Waals surface area (Å²) in [5.41, 5.74) is -0.122. The molecule has 1 aliphatic heterocycles. The highest BCUT2D eigenvalue weighted by Gasteiger charge is 2.35. The summed E-state index contributed by atoms with van der Waals surface area (Å²) >= 11 is 0. The topological polar surface area (TPSA) is 29.5 Å². The molecule has 0 unspecified atom stereocenters. The van der Waals surface area contributed by atoms with Gasteiger partial charge in [-0.15, -0.1) is 0 Å². The Bertz CT molecular complexity index is 232. The first-order chi connectivity index (χ1) is 7.78. The Labute approximate surface area is 98.1 Å². The van der Waals surface area contributed by atoms with Crippen LogP contribution in [0.3, 0.4) is 0 Å². The number of nitrogens with zero attached hydrogens (tertiary/aromatic N) is 1. The number of hydrogen-bond donors (Lipinski definition) is 0. The van der Waals surface area contributed by atoms with Gasteiger partial charge in [-0.2, -0.15) is 0 Å². The molecule has 0 aromatic carbocycles. The molecular formula is C13H23NO2. The lowest BCUT2D eigenvalue weighted by Gasteiger charge is -2.36. The van der Waals surface area contributed by atoms with E-state index in [1.807, 2.05) is 0 Å². The molecule has 0 spiro atoms. The van der Waals surface area contributed by atoms with Crippen LogP contribution in [0, 0.1) is 11.3 Å². The van der Waals surface area contributed by atoms with Gasteiger partial charge in [0.2, 0.25) is 0 Å². The number of aldehydes is 1. The minimum atomic E-state index is -0.122. The van der Waals surface area contributed by atoms with Crippen molar-refractivity contribution in [2.75, 3.05) is 32.8 Å². The van der Waals surface area contributed by atoms with Gasteiger partial charge in [-0.05, 0) is 38.1 Å². The van der Waals surface area contributed by atoms with Gasteiger partial charge < -0.3 is 14.4 Å². The van der Waals surface area contributed by atoms with Crippen molar-refractivity contribution in [2.45, 2.75) is 32.6 Å². The van der Waals surface area contributed by atoms with Crippen LogP contribution in [-0.2, 0) is 9.53 Å². The average molecular weight is 225 g/mol. The van der Waals surface area contributed by atoms with Crippen LogP contribution in [0.4, 0.5) is 0 Å². The quantitative estimate of drug-likeness (QED) is 0.645. The Hall–Kier alpha value is -0.410. The van der Waals surface area contributed by atoms with E-state index in [-0.39, 0.29) is 5.41 Å². The summed E-state index contributed by atoms with van der Waals surface area (Å²) in [5, 5.41) is 0. The molecule has 0 aromatic heterocycles. The molecule has 3 nitrogen and oxygen atoms in total. The van der Waals surface area contributed by atoms with E-state index in [1.54, 1.807) is 0 Å². The van der Waals surface area contributed by atoms with E-state index in [2.05, 4.69) is 11.8 Å². The Morgan fingerprint density at radius 3 is 2.56 bits per heavy atom. The van der Waals surface area contributed by atoms with Gasteiger partial charge in [-0.1, -0.05) is 6.92 Å². The average Bonchev–Trinajstić information content (AvgIpc) is 3.13. The van der Waals surface area contributed by atoms with Crippen molar-refractivity contribution in [1.29, 1.82) is 0 Å². The van der Waals surface area contributed by atoms with E-state index < -0.39 is 0 Å². The fraction of sp³-hybridized carbons (Fsp3) is 0.923. The molecule has 0 atom stereocenters. The number of carbonyl (C=O) groups is 1. The molecule has 3 heteroatoms. The third-order valence-electron chi connectivity index (χ3n) is 3.94. The van der Waals surface area contributed by atoms with Crippen molar-refractivity contribution in [3.8, 4) is 0 Å². The van der Waals surface area contributed by atoms with Gasteiger partial charge in [0.1, 0.15) is 6.29 Å². The normalized spacial score (nSPS) is 24.6. The maximum atomic E-state index is 11.4. The highest BCUT2D eigenvalue weighted by atomic mass is 16.5. The standard InChI is InChI=1S/C13H23NO2/c1-2-14(9-12-3-4-12)10-13(11-15)5-7-16-8-6-13/h11-12H,2-10H2,1H3. The summed E-state index contributed by atoms with van der Waals surface area (Å²) in [6, 6.07) is 0. The second kappa shape index (κ2) is 5.28. The Balaban J connectivity index is 1.89. The first-order valence-electron chi connectivity index (χ1n) is 6.54. The van der Waals surface area contributed by atoms with Crippen LogP contribution in [0.2, 0.25) is 0 Å². The minimum absolute atomic E-state index is 0.122. The summed E-state index contributed by atoms with van der Waals surface area (Å²) in [5.74, 6) is 0.906. The molecule has 0 aromatic rings. The molecule has 1 aliphatic carbocycles. The highest BCUT2D eigenvalue weighted by molar-refractivity contribution is 5.60. The summed E-state index contributed by atoms with van der Waals surface area (Å²) in [4.78, 5) is 13.8. The number of hydrogen-bond acceptors (Lipinski definition) is 3. The summed E-state index contributed by atoms with van der Waals surface area (Å²) in [7, 11) is 0. The lowest BCUT2D eigenvalue weighted by Crippen LogP contribution is -2.43. The molecule has 1 saturated carbocycles. The molecule has 2 fully saturated rings. The van der Waals surface area contributed by atoms with Crippen LogP contribution in [0.15, 0.2) is 0 Å². The molecule has 0 N–H and O–H groups in total. The lowest BCUT2D eigenvalue weighted by molar-refractivity contribution is -0.123. The predicted octanol–water partition coefficient (Wildman–Crippen LogP) is 1.71. The van der Waals surface area contributed by atoms with Gasteiger partial charge in [0.15, 0.2) is 0 Å². The van der Waals surface area contributed by atoms with Gasteiger partial charge in [0, 0.05) is 31.7 Å². The molecule has 0 bridgehead atoms. The molecule has 0 radical (unpaired) electrons. The van der Waals surface area contributed by atoms with Crippen molar-refractivity contribution in [3.63, 3.8) is 0 Å². The molecule has 92 valence electrons. The van der Waals surface area contributed by atoms with Crippen LogP contribution >= 0.6 is 0 Å². The SMILES string of the molecule is CCN(CC1CC1)CC1(C=O)CCOCC1. The number of rotatable bonds is 6. The minimum Gasteiger partial charge on any atom is -0.381 e. The number of ether oxygens (including phenoxy) is 1. The second-order valence-electron chi connectivity index (χ2n) is 5.36. The highest BCUT2D eigenvalue weighted by Crippen LogP contribution is 2.33. The van der Waals surface area contributed by atoms with Crippen molar-refractivity contribution in [3.05, 3.63) is 0 Å². The predicted molar refractivity (Wildman–Crippen MR) is 63.4 cm³/mol. The molecular weight excluding hydrogens is 202 g/mol. The van der Waals surface area contributed by atoms with Crippen LogP contribution in [0.5, 0.6) is 0 Å². The van der Waals surface area contributed by atoms with Crippen LogP contribution in [0.1, 0.15) is 32.6 Å². The third-order valence-corrected chi connectivity index (χ3v) is 3.94. The molecule has 2 rings (SSSR count). The van der Waals surface area contributed by atoms with Gasteiger partial charge in [0.25, 0.3) is 0 Å². The molecule has 0 amide bonds. The lowest BCUT2D eigenvalue weighted by atomic mass is 9.81. The Morgan fingerprint density at radius 2 is 2.06 bits per heavy atom. The molecule has 2 aliphatic rings. The zero-order chi connectivity index (χ0) is 11.4. The van der Waals surface area contributed by atoms with Crippen molar-refractivity contribution < 1.29 is 9.53 Å². The summed E-state index contributed by atoms with van der Waals surface area (Å²) < 4.78 is 5.36. The Kier molecular flexibility index (Phi) is 3.98. The van der Waals surface area contributed by atoms with Crippen molar-refractivity contribution >= 4 is 6.29 Å². The largest absolute Gasteiger partial charge is 0.381 e. The van der Waals surface area contributed by atoms with Gasteiger partial charge in [0.05, 0.1) is 0 Å². The summed E-state index contributed by atoms with van der Waals surface area (Å²) in [6.07, 6.45) is 5.75. The maximum absolute atomic E-state index is 11.4. The van der Waals surface area contributed by atoms with Crippen molar-refractivity contribution in [1.82, 2.24) is 4.90 Å². The van der Waals surface area contributed by atoms with E-state index >= 15 is 0 Å². The molecule has 16 heavy (non-hydrogen) atoms.